The molecule has 1 aliphatic heterocycles. The number of phenolic OH excluding ortho intramolecular Hbond substituents is 1. The van der Waals surface area contributed by atoms with Crippen LogP contribution in [-0.4, -0.2) is 43.6 Å². The number of phenols is 1. The molecule has 2 rings (SSSR count). The van der Waals surface area contributed by atoms with Crippen molar-refractivity contribution in [3.05, 3.63) is 18.2 Å². The maximum atomic E-state index is 11.9. The van der Waals surface area contributed by atoms with Crippen LogP contribution in [0.3, 0.4) is 0 Å². The van der Waals surface area contributed by atoms with E-state index >= 15 is 0 Å². The Balaban J connectivity index is 2.38. The molecule has 114 valence electrons. The first kappa shape index (κ1) is 15.3. The summed E-state index contributed by atoms with van der Waals surface area (Å²) in [5, 5.41) is 9.77. The minimum Gasteiger partial charge on any atom is -0.506 e. The lowest BCUT2D eigenvalue weighted by molar-refractivity contribution is -0.145. The van der Waals surface area contributed by atoms with Crippen molar-refractivity contribution in [2.24, 2.45) is 5.92 Å². The molecule has 21 heavy (non-hydrogen) atoms. The van der Waals surface area contributed by atoms with Gasteiger partial charge >= 0.3 is 5.97 Å². The van der Waals surface area contributed by atoms with Gasteiger partial charge in [-0.1, -0.05) is 0 Å². The summed E-state index contributed by atoms with van der Waals surface area (Å²) in [5.74, 6) is -2.03. The molecule has 2 N–H and O–H groups in total. The molecule has 8 nitrogen and oxygen atoms in total. The van der Waals surface area contributed by atoms with Crippen LogP contribution in [0.1, 0.15) is 6.42 Å². The number of carbonyl (C=O) groups excluding carboxylic acids is 2. The lowest BCUT2D eigenvalue weighted by Gasteiger charge is -2.18. The summed E-state index contributed by atoms with van der Waals surface area (Å²) in [6.45, 7) is -0.0337. The highest BCUT2D eigenvalue weighted by molar-refractivity contribution is 7.85. The molecular weight excluding hydrogens is 302 g/mol. The number of ether oxygens (including phenoxy) is 1. The van der Waals surface area contributed by atoms with Gasteiger partial charge in [-0.05, 0) is 18.2 Å². The largest absolute Gasteiger partial charge is 0.506 e. The Kier molecular flexibility index (Phi) is 3.88. The number of hydrogen-bond donors (Lipinski definition) is 2. The van der Waals surface area contributed by atoms with Crippen molar-refractivity contribution in [2.75, 3.05) is 18.6 Å². The Morgan fingerprint density at radius 2 is 2.10 bits per heavy atom. The van der Waals surface area contributed by atoms with Gasteiger partial charge < -0.3 is 14.7 Å². The minimum atomic E-state index is -4.46. The first-order valence-electron chi connectivity index (χ1n) is 5.92. The molecule has 0 aliphatic carbocycles. The van der Waals surface area contributed by atoms with Crippen LogP contribution in [0.25, 0.3) is 0 Å². The molecule has 1 unspecified atom stereocenters. The molecular formula is C12H13NO7S. The monoisotopic (exact) mass is 315 g/mol. The van der Waals surface area contributed by atoms with E-state index in [0.29, 0.717) is 0 Å². The van der Waals surface area contributed by atoms with Gasteiger partial charge in [0.05, 0.1) is 23.6 Å². The molecule has 9 heteroatoms. The second-order valence-corrected chi connectivity index (χ2v) is 5.98. The summed E-state index contributed by atoms with van der Waals surface area (Å²) in [6.07, 6.45) is -0.0950. The SMILES string of the molecule is COC(=O)C1CC(=O)N(c2cc(S(=O)(=O)O)ccc2O)C1. The molecule has 1 amide bonds. The highest BCUT2D eigenvalue weighted by Gasteiger charge is 2.37. The normalized spacial score (nSPS) is 18.9. The van der Waals surface area contributed by atoms with E-state index in [9.17, 15) is 23.1 Å². The first-order valence-corrected chi connectivity index (χ1v) is 7.36. The number of rotatable bonds is 3. The van der Waals surface area contributed by atoms with E-state index in [2.05, 4.69) is 4.74 Å². The number of anilines is 1. The fraction of sp³-hybridized carbons (Fsp3) is 0.333. The van der Waals surface area contributed by atoms with Gasteiger partial charge in [0, 0.05) is 13.0 Å². The Bertz CT molecular complexity index is 698. The van der Waals surface area contributed by atoms with Gasteiger partial charge in [0.15, 0.2) is 0 Å². The van der Waals surface area contributed by atoms with Gasteiger partial charge in [0.1, 0.15) is 5.75 Å². The van der Waals surface area contributed by atoms with Crippen LogP contribution in [0.2, 0.25) is 0 Å². The molecule has 1 aromatic carbocycles. The zero-order chi connectivity index (χ0) is 15.8. The van der Waals surface area contributed by atoms with Crippen LogP contribution in [0.4, 0.5) is 5.69 Å². The zero-order valence-electron chi connectivity index (χ0n) is 11.0. The fourth-order valence-electron chi connectivity index (χ4n) is 2.14. The summed E-state index contributed by atoms with van der Waals surface area (Å²) >= 11 is 0. The summed E-state index contributed by atoms with van der Waals surface area (Å²) in [4.78, 5) is 24.0. The van der Waals surface area contributed by atoms with Crippen molar-refractivity contribution in [2.45, 2.75) is 11.3 Å². The van der Waals surface area contributed by atoms with Gasteiger partial charge in [-0.2, -0.15) is 8.42 Å². The average Bonchev–Trinajstić information content (AvgIpc) is 2.79. The summed E-state index contributed by atoms with van der Waals surface area (Å²) in [7, 11) is -3.26. The van der Waals surface area contributed by atoms with Crippen LogP contribution in [0.5, 0.6) is 5.75 Å². The van der Waals surface area contributed by atoms with Crippen molar-refractivity contribution in [1.82, 2.24) is 0 Å². The van der Waals surface area contributed by atoms with Crippen molar-refractivity contribution in [1.29, 1.82) is 0 Å². The number of esters is 1. The molecule has 1 heterocycles. The number of amides is 1. The molecule has 1 aliphatic rings. The van der Waals surface area contributed by atoms with E-state index in [1.54, 1.807) is 0 Å². The van der Waals surface area contributed by atoms with E-state index in [4.69, 9.17) is 4.55 Å². The van der Waals surface area contributed by atoms with Gasteiger partial charge in [0.2, 0.25) is 5.91 Å². The Labute approximate surface area is 120 Å². The second kappa shape index (κ2) is 5.34. The third-order valence-corrected chi connectivity index (χ3v) is 4.04. The third-order valence-electron chi connectivity index (χ3n) is 3.20. The number of aromatic hydroxyl groups is 1. The van der Waals surface area contributed by atoms with E-state index in [-0.39, 0.29) is 24.4 Å². The first-order chi connectivity index (χ1) is 9.74. The van der Waals surface area contributed by atoms with Crippen LogP contribution >= 0.6 is 0 Å². The maximum Gasteiger partial charge on any atom is 0.311 e. The second-order valence-electron chi connectivity index (χ2n) is 4.55. The number of carbonyl (C=O) groups is 2. The van der Waals surface area contributed by atoms with Crippen molar-refractivity contribution < 1.29 is 32.4 Å². The highest BCUT2D eigenvalue weighted by atomic mass is 32.2. The third kappa shape index (κ3) is 2.98. The van der Waals surface area contributed by atoms with Gasteiger partial charge in [-0.15, -0.1) is 0 Å². The van der Waals surface area contributed by atoms with Crippen LogP contribution in [-0.2, 0) is 24.4 Å². The molecule has 1 aromatic rings. The van der Waals surface area contributed by atoms with Crippen molar-refractivity contribution in [3.63, 3.8) is 0 Å². The van der Waals surface area contributed by atoms with Gasteiger partial charge in [-0.25, -0.2) is 0 Å². The summed E-state index contributed by atoms with van der Waals surface area (Å²) in [5.41, 5.74) is -0.0819. The number of methoxy groups -OCH3 is 1. The molecule has 0 aromatic heterocycles. The number of benzene rings is 1. The molecule has 0 spiro atoms. The molecule has 0 saturated carbocycles. The lowest BCUT2D eigenvalue weighted by atomic mass is 10.1. The Morgan fingerprint density at radius 1 is 1.43 bits per heavy atom. The Hall–Kier alpha value is -2.13. The standard InChI is InChI=1S/C12H13NO7S/c1-20-12(16)7-4-11(15)13(6-7)9-5-8(21(17,18)19)2-3-10(9)14/h2-3,5,7,14H,4,6H2,1H3,(H,17,18,19). The summed E-state index contributed by atoms with van der Waals surface area (Å²) in [6, 6.07) is 3.03. The van der Waals surface area contributed by atoms with Crippen LogP contribution in [0.15, 0.2) is 23.1 Å². The predicted molar refractivity (Wildman–Crippen MR) is 70.4 cm³/mol. The molecule has 0 radical (unpaired) electrons. The molecule has 1 saturated heterocycles. The molecule has 0 bridgehead atoms. The minimum absolute atomic E-state index is 0.0337. The van der Waals surface area contributed by atoms with Gasteiger partial charge in [0.25, 0.3) is 10.1 Å². The molecule has 1 atom stereocenters. The number of hydrogen-bond acceptors (Lipinski definition) is 6. The fourth-order valence-corrected chi connectivity index (χ4v) is 2.65. The zero-order valence-corrected chi connectivity index (χ0v) is 11.8. The quantitative estimate of drug-likeness (QED) is 0.602. The average molecular weight is 315 g/mol. The van der Waals surface area contributed by atoms with Crippen molar-refractivity contribution in [3.8, 4) is 5.75 Å². The topological polar surface area (TPSA) is 121 Å². The number of nitrogens with zero attached hydrogens (tertiary/aromatic N) is 1. The smallest absolute Gasteiger partial charge is 0.311 e. The van der Waals surface area contributed by atoms with E-state index in [1.165, 1.54) is 7.11 Å². The highest BCUT2D eigenvalue weighted by Crippen LogP contribution is 2.34. The van der Waals surface area contributed by atoms with E-state index < -0.39 is 32.8 Å². The summed E-state index contributed by atoms with van der Waals surface area (Å²) < 4.78 is 35.8. The van der Waals surface area contributed by atoms with Crippen molar-refractivity contribution >= 4 is 27.7 Å². The van der Waals surface area contributed by atoms with E-state index in [1.807, 2.05) is 0 Å². The predicted octanol–water partition coefficient (Wildman–Crippen LogP) is 0.165. The van der Waals surface area contributed by atoms with Crippen LogP contribution < -0.4 is 4.90 Å². The van der Waals surface area contributed by atoms with Gasteiger partial charge in [-0.3, -0.25) is 14.1 Å². The molecule has 1 fully saturated rings. The van der Waals surface area contributed by atoms with Crippen LogP contribution in [0, 0.1) is 5.92 Å². The Morgan fingerprint density at radius 3 is 2.67 bits per heavy atom. The maximum absolute atomic E-state index is 11.9. The lowest BCUT2D eigenvalue weighted by Crippen LogP contribution is -2.26. The van der Waals surface area contributed by atoms with E-state index in [0.717, 1.165) is 23.1 Å².